The second-order valence-corrected chi connectivity index (χ2v) is 8.50. The van der Waals surface area contributed by atoms with Crippen LogP contribution >= 0.6 is 38.9 Å². The van der Waals surface area contributed by atoms with E-state index in [0.717, 1.165) is 16.4 Å². The molecule has 1 aromatic heterocycles. The third-order valence-corrected chi connectivity index (χ3v) is 5.87. The number of aryl methyl sites for hydroxylation is 1. The first-order chi connectivity index (χ1) is 10.0. The van der Waals surface area contributed by atoms with Gasteiger partial charge in [-0.25, -0.2) is 0 Å². The molecule has 1 aromatic carbocycles. The molecule has 0 fully saturated rings. The summed E-state index contributed by atoms with van der Waals surface area (Å²) in [6.45, 7) is 0. The third-order valence-electron chi connectivity index (χ3n) is 3.85. The highest BCUT2D eigenvalue weighted by Crippen LogP contribution is 2.40. The van der Waals surface area contributed by atoms with Gasteiger partial charge in [-0.3, -0.25) is 0 Å². The molecule has 2 nitrogen and oxygen atoms in total. The maximum absolute atomic E-state index is 6.36. The van der Waals surface area contributed by atoms with Crippen LogP contribution < -0.4 is 10.2 Å². The van der Waals surface area contributed by atoms with E-state index in [0.29, 0.717) is 6.04 Å². The summed E-state index contributed by atoms with van der Waals surface area (Å²) in [6.07, 6.45) is 3.61. The quantitative estimate of drug-likeness (QED) is 0.727. The Kier molecular flexibility index (Phi) is 4.48. The zero-order chi connectivity index (χ0) is 15.0. The summed E-state index contributed by atoms with van der Waals surface area (Å²) in [4.78, 5) is 3.53. The van der Waals surface area contributed by atoms with Crippen LogP contribution in [0.15, 0.2) is 28.1 Å². The largest absolute Gasteiger partial charge is 0.378 e. The standard InChI is InChI=1S/C16H18BrClN2S/c1-20(2)14-7-6-10(8-12(14)18)19-13-4-3-5-15-11(13)9-16(17)21-15/h6-9,13,19H,3-5H2,1-2H3. The van der Waals surface area contributed by atoms with Gasteiger partial charge < -0.3 is 10.2 Å². The van der Waals surface area contributed by atoms with Gasteiger partial charge in [-0.05, 0) is 65.0 Å². The average molecular weight is 386 g/mol. The van der Waals surface area contributed by atoms with Crippen LogP contribution in [0.4, 0.5) is 11.4 Å². The minimum Gasteiger partial charge on any atom is -0.378 e. The highest BCUT2D eigenvalue weighted by molar-refractivity contribution is 9.11. The number of benzene rings is 1. The van der Waals surface area contributed by atoms with Crippen molar-refractivity contribution in [2.24, 2.45) is 0 Å². The van der Waals surface area contributed by atoms with Crippen molar-refractivity contribution in [1.82, 2.24) is 0 Å². The zero-order valence-electron chi connectivity index (χ0n) is 12.1. The Morgan fingerprint density at radius 1 is 1.33 bits per heavy atom. The number of halogens is 2. The minimum atomic E-state index is 0.387. The summed E-state index contributed by atoms with van der Waals surface area (Å²) in [5.74, 6) is 0. The average Bonchev–Trinajstić information content (AvgIpc) is 2.80. The number of rotatable bonds is 3. The Morgan fingerprint density at radius 3 is 2.86 bits per heavy atom. The fraction of sp³-hybridized carbons (Fsp3) is 0.375. The molecular formula is C16H18BrClN2S. The predicted molar refractivity (Wildman–Crippen MR) is 97.1 cm³/mol. The van der Waals surface area contributed by atoms with Crippen molar-refractivity contribution in [3.8, 4) is 0 Å². The van der Waals surface area contributed by atoms with Gasteiger partial charge in [0.25, 0.3) is 0 Å². The molecule has 0 aliphatic heterocycles. The normalized spacial score (nSPS) is 17.4. The Labute approximate surface area is 143 Å². The van der Waals surface area contributed by atoms with E-state index in [2.05, 4.69) is 39.4 Å². The lowest BCUT2D eigenvalue weighted by molar-refractivity contribution is 0.609. The Balaban J connectivity index is 1.83. The minimum absolute atomic E-state index is 0.387. The molecule has 1 aliphatic rings. The molecule has 0 radical (unpaired) electrons. The molecule has 0 amide bonds. The SMILES string of the molecule is CN(C)c1ccc(NC2CCCc3sc(Br)cc32)cc1Cl. The number of nitrogens with one attached hydrogen (secondary N) is 1. The maximum Gasteiger partial charge on any atom is 0.0705 e. The molecule has 21 heavy (non-hydrogen) atoms. The topological polar surface area (TPSA) is 15.3 Å². The Morgan fingerprint density at radius 2 is 2.14 bits per heavy atom. The van der Waals surface area contributed by atoms with E-state index in [9.17, 15) is 0 Å². The molecule has 1 N–H and O–H groups in total. The van der Waals surface area contributed by atoms with Gasteiger partial charge in [0, 0.05) is 24.7 Å². The van der Waals surface area contributed by atoms with Crippen molar-refractivity contribution < 1.29 is 0 Å². The number of fused-ring (bicyclic) bond motifs is 1. The van der Waals surface area contributed by atoms with Crippen molar-refractivity contribution in [2.75, 3.05) is 24.3 Å². The van der Waals surface area contributed by atoms with Crippen LogP contribution in [0.5, 0.6) is 0 Å². The van der Waals surface area contributed by atoms with Crippen LogP contribution in [0.25, 0.3) is 0 Å². The van der Waals surface area contributed by atoms with E-state index in [1.54, 1.807) is 0 Å². The van der Waals surface area contributed by atoms with Gasteiger partial charge in [-0.15, -0.1) is 11.3 Å². The highest BCUT2D eigenvalue weighted by atomic mass is 79.9. The maximum atomic E-state index is 6.36. The van der Waals surface area contributed by atoms with Gasteiger partial charge in [0.15, 0.2) is 0 Å². The van der Waals surface area contributed by atoms with E-state index in [1.165, 1.54) is 33.5 Å². The van der Waals surface area contributed by atoms with Crippen LogP contribution in [0, 0.1) is 0 Å². The number of thiophene rings is 1. The summed E-state index contributed by atoms with van der Waals surface area (Å²) >= 11 is 11.8. The van der Waals surface area contributed by atoms with Crippen molar-refractivity contribution in [2.45, 2.75) is 25.3 Å². The van der Waals surface area contributed by atoms with Gasteiger partial charge in [-0.2, -0.15) is 0 Å². The van der Waals surface area contributed by atoms with Crippen molar-refractivity contribution in [1.29, 1.82) is 0 Å². The van der Waals surface area contributed by atoms with Crippen molar-refractivity contribution in [3.05, 3.63) is 43.5 Å². The van der Waals surface area contributed by atoms with Gasteiger partial charge in [0.05, 0.1) is 20.5 Å². The zero-order valence-corrected chi connectivity index (χ0v) is 15.3. The third kappa shape index (κ3) is 3.22. The van der Waals surface area contributed by atoms with Crippen LogP contribution in [-0.2, 0) is 6.42 Å². The monoisotopic (exact) mass is 384 g/mol. The van der Waals surface area contributed by atoms with E-state index in [-0.39, 0.29) is 0 Å². The molecule has 112 valence electrons. The van der Waals surface area contributed by atoms with Crippen LogP contribution in [0.2, 0.25) is 5.02 Å². The molecule has 5 heteroatoms. The lowest BCUT2D eigenvalue weighted by atomic mass is 9.94. The van der Waals surface area contributed by atoms with E-state index in [4.69, 9.17) is 11.6 Å². The number of anilines is 2. The molecule has 0 saturated carbocycles. The fourth-order valence-electron chi connectivity index (χ4n) is 2.83. The lowest BCUT2D eigenvalue weighted by Crippen LogP contribution is -2.16. The van der Waals surface area contributed by atoms with Gasteiger partial charge in [0.2, 0.25) is 0 Å². The molecule has 1 atom stereocenters. The van der Waals surface area contributed by atoms with E-state index >= 15 is 0 Å². The van der Waals surface area contributed by atoms with Gasteiger partial charge >= 0.3 is 0 Å². The molecule has 1 unspecified atom stereocenters. The first kappa shape index (κ1) is 15.2. The van der Waals surface area contributed by atoms with Gasteiger partial charge in [-0.1, -0.05) is 11.6 Å². The second kappa shape index (κ2) is 6.19. The molecular weight excluding hydrogens is 368 g/mol. The summed E-state index contributed by atoms with van der Waals surface area (Å²) in [5, 5.41) is 4.42. The van der Waals surface area contributed by atoms with E-state index < -0.39 is 0 Å². The first-order valence-corrected chi connectivity index (χ1v) is 9.05. The fourth-order valence-corrected chi connectivity index (χ4v) is 5.00. The molecule has 0 bridgehead atoms. The second-order valence-electron chi connectivity index (χ2n) is 5.58. The Bertz CT molecular complexity index is 654. The summed E-state index contributed by atoms with van der Waals surface area (Å²) in [5.41, 5.74) is 3.57. The summed E-state index contributed by atoms with van der Waals surface area (Å²) in [6, 6.07) is 8.84. The van der Waals surface area contributed by atoms with E-state index in [1.807, 2.05) is 36.4 Å². The number of hydrogen-bond acceptors (Lipinski definition) is 3. The predicted octanol–water partition coefficient (Wildman–Crippen LogP) is 5.72. The Hall–Kier alpha value is -0.710. The number of nitrogens with zero attached hydrogens (tertiary/aromatic N) is 1. The highest BCUT2D eigenvalue weighted by Gasteiger charge is 2.22. The molecule has 3 rings (SSSR count). The van der Waals surface area contributed by atoms with Crippen LogP contribution in [0.3, 0.4) is 0 Å². The molecule has 2 aromatic rings. The molecule has 1 heterocycles. The van der Waals surface area contributed by atoms with Crippen LogP contribution in [0.1, 0.15) is 29.3 Å². The molecule has 1 aliphatic carbocycles. The van der Waals surface area contributed by atoms with Crippen LogP contribution in [-0.4, -0.2) is 14.1 Å². The molecule has 0 spiro atoms. The number of hydrogen-bond donors (Lipinski definition) is 1. The summed E-state index contributed by atoms with van der Waals surface area (Å²) < 4.78 is 1.22. The lowest BCUT2D eigenvalue weighted by Gasteiger charge is -2.25. The van der Waals surface area contributed by atoms with Gasteiger partial charge in [0.1, 0.15) is 0 Å². The summed E-state index contributed by atoms with van der Waals surface area (Å²) in [7, 11) is 4.01. The smallest absolute Gasteiger partial charge is 0.0705 e. The van der Waals surface area contributed by atoms with Crippen molar-refractivity contribution in [3.63, 3.8) is 0 Å². The van der Waals surface area contributed by atoms with Crippen molar-refractivity contribution >= 4 is 50.2 Å². The first-order valence-electron chi connectivity index (χ1n) is 7.06. The molecule has 0 saturated heterocycles.